The number of aliphatic hydroxyl groups is 1. The zero-order chi connectivity index (χ0) is 13.1. The first-order valence-electron chi connectivity index (χ1n) is 6.24. The maximum atomic E-state index is 12.1. The van der Waals surface area contributed by atoms with Gasteiger partial charge in [0.25, 0.3) is 5.91 Å². The second kappa shape index (κ2) is 6.08. The number of carbonyl (C=O) groups excluding carboxylic acids is 1. The Labute approximate surface area is 116 Å². The summed E-state index contributed by atoms with van der Waals surface area (Å²) >= 11 is 3.54. The third-order valence-electron chi connectivity index (χ3n) is 2.92. The van der Waals surface area contributed by atoms with Gasteiger partial charge in [-0.15, -0.1) is 11.3 Å². The summed E-state index contributed by atoms with van der Waals surface area (Å²) in [5.41, 5.74) is 1.32. The molecule has 1 aliphatic rings. The Morgan fingerprint density at radius 2 is 2.33 bits per heavy atom. The van der Waals surface area contributed by atoms with E-state index in [2.05, 4.69) is 5.32 Å². The molecular weight excluding hydrogens is 266 g/mol. The van der Waals surface area contributed by atoms with E-state index in [4.69, 9.17) is 0 Å². The maximum Gasteiger partial charge on any atom is 0.261 e. The smallest absolute Gasteiger partial charge is 0.261 e. The highest BCUT2D eigenvalue weighted by Crippen LogP contribution is 2.31. The Balaban J connectivity index is 1.98. The van der Waals surface area contributed by atoms with Crippen LogP contribution in [0.25, 0.3) is 0 Å². The first-order chi connectivity index (χ1) is 8.56. The molecule has 2 heterocycles. The molecule has 0 saturated carbocycles. The van der Waals surface area contributed by atoms with Crippen molar-refractivity contribution < 1.29 is 9.90 Å². The van der Waals surface area contributed by atoms with Gasteiger partial charge >= 0.3 is 0 Å². The molecule has 1 amide bonds. The van der Waals surface area contributed by atoms with E-state index in [1.54, 1.807) is 18.3 Å². The van der Waals surface area contributed by atoms with Crippen molar-refractivity contribution in [1.29, 1.82) is 0 Å². The van der Waals surface area contributed by atoms with Crippen LogP contribution in [0.1, 0.15) is 40.4 Å². The minimum absolute atomic E-state index is 0.00556. The van der Waals surface area contributed by atoms with E-state index >= 15 is 0 Å². The highest BCUT2D eigenvalue weighted by atomic mass is 32.2. The second-order valence-corrected chi connectivity index (χ2v) is 7.06. The lowest BCUT2D eigenvalue weighted by Gasteiger charge is -2.14. The standard InChI is InChI=1S/C13H19NO2S2/c1-8(5-9(2)15)14-13(16)12-6-10-7-17-4-3-11(10)18-12/h6,8-9,15H,3-5,7H2,1-2H3,(H,14,16). The molecular formula is C13H19NO2S2. The van der Waals surface area contributed by atoms with Crippen molar-refractivity contribution in [1.82, 2.24) is 5.32 Å². The number of hydrogen-bond acceptors (Lipinski definition) is 4. The number of thioether (sulfide) groups is 1. The topological polar surface area (TPSA) is 49.3 Å². The largest absolute Gasteiger partial charge is 0.393 e. The zero-order valence-corrected chi connectivity index (χ0v) is 12.4. The van der Waals surface area contributed by atoms with E-state index in [9.17, 15) is 9.90 Å². The third kappa shape index (κ3) is 3.49. The predicted octanol–water partition coefficient (Wildman–Crippen LogP) is 2.43. The fourth-order valence-corrected chi connectivity index (χ4v) is 4.40. The molecule has 2 rings (SSSR count). The zero-order valence-electron chi connectivity index (χ0n) is 10.7. The lowest BCUT2D eigenvalue weighted by atomic mass is 10.1. The SMILES string of the molecule is CC(O)CC(C)NC(=O)c1cc2c(s1)CCSC2. The molecule has 2 atom stereocenters. The fourth-order valence-electron chi connectivity index (χ4n) is 2.12. The van der Waals surface area contributed by atoms with Crippen LogP contribution in [0.4, 0.5) is 0 Å². The van der Waals surface area contributed by atoms with Gasteiger partial charge in [-0.05, 0) is 44.1 Å². The summed E-state index contributed by atoms with van der Waals surface area (Å²) < 4.78 is 0. The van der Waals surface area contributed by atoms with Crippen LogP contribution in [-0.2, 0) is 12.2 Å². The molecule has 0 aliphatic carbocycles. The van der Waals surface area contributed by atoms with Crippen LogP contribution in [0, 0.1) is 0 Å². The summed E-state index contributed by atoms with van der Waals surface area (Å²) in [4.78, 5) is 14.2. The molecule has 18 heavy (non-hydrogen) atoms. The molecule has 0 fully saturated rings. The van der Waals surface area contributed by atoms with Crippen LogP contribution in [0.2, 0.25) is 0 Å². The van der Waals surface area contributed by atoms with Crippen molar-refractivity contribution in [3.8, 4) is 0 Å². The second-order valence-electron chi connectivity index (χ2n) is 4.82. The van der Waals surface area contributed by atoms with E-state index < -0.39 is 0 Å². The molecule has 0 bridgehead atoms. The van der Waals surface area contributed by atoms with Gasteiger partial charge in [0, 0.05) is 16.7 Å². The minimum atomic E-state index is -0.381. The number of aliphatic hydroxyl groups excluding tert-OH is 1. The van der Waals surface area contributed by atoms with Gasteiger partial charge in [-0.3, -0.25) is 4.79 Å². The number of fused-ring (bicyclic) bond motifs is 1. The van der Waals surface area contributed by atoms with Crippen molar-refractivity contribution in [2.45, 2.75) is 44.6 Å². The van der Waals surface area contributed by atoms with Crippen LogP contribution in [-0.4, -0.2) is 28.9 Å². The Morgan fingerprint density at radius 3 is 3.00 bits per heavy atom. The first kappa shape index (κ1) is 13.9. The van der Waals surface area contributed by atoms with Gasteiger partial charge in [0.2, 0.25) is 0 Å². The molecule has 1 aromatic heterocycles. The van der Waals surface area contributed by atoms with Crippen LogP contribution in [0.15, 0.2) is 6.07 Å². The summed E-state index contributed by atoms with van der Waals surface area (Å²) in [7, 11) is 0. The van der Waals surface area contributed by atoms with Crippen LogP contribution in [0.3, 0.4) is 0 Å². The number of aryl methyl sites for hydroxylation is 1. The Hall–Kier alpha value is -0.520. The molecule has 5 heteroatoms. The van der Waals surface area contributed by atoms with E-state index in [1.807, 2.05) is 24.8 Å². The lowest BCUT2D eigenvalue weighted by molar-refractivity contribution is 0.0927. The number of nitrogens with one attached hydrogen (secondary N) is 1. The summed E-state index contributed by atoms with van der Waals surface area (Å²) in [6, 6.07) is 2.03. The summed E-state index contributed by atoms with van der Waals surface area (Å²) in [6.07, 6.45) is 1.29. The van der Waals surface area contributed by atoms with Gasteiger partial charge in [0.15, 0.2) is 0 Å². The molecule has 0 saturated heterocycles. The highest BCUT2D eigenvalue weighted by molar-refractivity contribution is 7.98. The average molecular weight is 285 g/mol. The number of thiophene rings is 1. The normalized spacial score (nSPS) is 17.9. The molecule has 0 radical (unpaired) electrons. The molecule has 2 unspecified atom stereocenters. The molecule has 100 valence electrons. The molecule has 3 nitrogen and oxygen atoms in total. The van der Waals surface area contributed by atoms with E-state index in [-0.39, 0.29) is 18.1 Å². The van der Waals surface area contributed by atoms with Gasteiger partial charge in [-0.1, -0.05) is 0 Å². The Morgan fingerprint density at radius 1 is 1.56 bits per heavy atom. The highest BCUT2D eigenvalue weighted by Gasteiger charge is 2.18. The van der Waals surface area contributed by atoms with Gasteiger partial charge in [0.1, 0.15) is 0 Å². The quantitative estimate of drug-likeness (QED) is 0.893. The first-order valence-corrected chi connectivity index (χ1v) is 8.21. The Bertz CT molecular complexity index is 405. The summed E-state index contributed by atoms with van der Waals surface area (Å²) in [5.74, 6) is 2.18. The van der Waals surface area contributed by atoms with Crippen molar-refractivity contribution in [2.75, 3.05) is 5.75 Å². The molecule has 1 aromatic rings. The number of amides is 1. The van der Waals surface area contributed by atoms with Gasteiger partial charge in [-0.25, -0.2) is 0 Å². The molecule has 0 spiro atoms. The summed E-state index contributed by atoms with van der Waals surface area (Å²) in [6.45, 7) is 3.66. The van der Waals surface area contributed by atoms with Gasteiger partial charge in [0.05, 0.1) is 11.0 Å². The molecule has 2 N–H and O–H groups in total. The van der Waals surface area contributed by atoms with Crippen LogP contribution in [0.5, 0.6) is 0 Å². The monoisotopic (exact) mass is 285 g/mol. The maximum absolute atomic E-state index is 12.1. The van der Waals surface area contributed by atoms with E-state index in [0.29, 0.717) is 6.42 Å². The van der Waals surface area contributed by atoms with E-state index in [0.717, 1.165) is 22.8 Å². The predicted molar refractivity (Wildman–Crippen MR) is 77.4 cm³/mol. The number of hydrogen-bond donors (Lipinski definition) is 2. The van der Waals surface area contributed by atoms with Crippen molar-refractivity contribution in [3.63, 3.8) is 0 Å². The van der Waals surface area contributed by atoms with E-state index in [1.165, 1.54) is 10.4 Å². The Kier molecular flexibility index (Phi) is 4.70. The van der Waals surface area contributed by atoms with Crippen molar-refractivity contribution >= 4 is 29.0 Å². The lowest BCUT2D eigenvalue weighted by Crippen LogP contribution is -2.34. The molecule has 0 aromatic carbocycles. The van der Waals surface area contributed by atoms with Crippen molar-refractivity contribution in [3.05, 3.63) is 21.4 Å². The van der Waals surface area contributed by atoms with Crippen LogP contribution >= 0.6 is 23.1 Å². The average Bonchev–Trinajstić information content (AvgIpc) is 2.71. The number of carbonyl (C=O) groups is 1. The summed E-state index contributed by atoms with van der Waals surface area (Å²) in [5, 5.41) is 12.2. The van der Waals surface area contributed by atoms with Gasteiger partial charge < -0.3 is 10.4 Å². The van der Waals surface area contributed by atoms with Gasteiger partial charge in [-0.2, -0.15) is 11.8 Å². The third-order valence-corrected chi connectivity index (χ3v) is 5.17. The fraction of sp³-hybridized carbons (Fsp3) is 0.615. The minimum Gasteiger partial charge on any atom is -0.393 e. The molecule has 1 aliphatic heterocycles. The van der Waals surface area contributed by atoms with Crippen LogP contribution < -0.4 is 5.32 Å². The van der Waals surface area contributed by atoms with Crippen molar-refractivity contribution in [2.24, 2.45) is 0 Å². The number of rotatable bonds is 4.